The van der Waals surface area contributed by atoms with E-state index in [2.05, 4.69) is 4.52 Å². The SMILES string of the molecule is CC(C)=CCOP(=O)(O)O.N.N. The Hall–Kier alpha value is -0.230. The van der Waals surface area contributed by atoms with Crippen LogP contribution in [0.4, 0.5) is 0 Å². The Labute approximate surface area is 72.0 Å². The van der Waals surface area contributed by atoms with E-state index in [1.165, 1.54) is 0 Å². The van der Waals surface area contributed by atoms with Crippen LogP contribution in [0.5, 0.6) is 0 Å². The maximum absolute atomic E-state index is 10.1. The van der Waals surface area contributed by atoms with Crippen LogP contribution in [0.25, 0.3) is 0 Å². The van der Waals surface area contributed by atoms with Gasteiger partial charge in [0.1, 0.15) is 0 Å². The summed E-state index contributed by atoms with van der Waals surface area (Å²) in [5.74, 6) is 0. The minimum absolute atomic E-state index is 0. The minimum atomic E-state index is -4.27. The monoisotopic (exact) mass is 200 g/mol. The van der Waals surface area contributed by atoms with Gasteiger partial charge in [0.2, 0.25) is 0 Å². The van der Waals surface area contributed by atoms with Gasteiger partial charge >= 0.3 is 7.82 Å². The summed E-state index contributed by atoms with van der Waals surface area (Å²) in [6.45, 7) is 3.61. The van der Waals surface area contributed by atoms with Gasteiger partial charge in [-0.1, -0.05) is 11.6 Å². The van der Waals surface area contributed by atoms with Gasteiger partial charge in [-0.3, -0.25) is 4.52 Å². The second-order valence-electron chi connectivity index (χ2n) is 2.07. The second-order valence-corrected chi connectivity index (χ2v) is 3.31. The maximum Gasteiger partial charge on any atom is 0.469 e. The highest BCUT2D eigenvalue weighted by molar-refractivity contribution is 7.46. The number of hydrogen-bond donors (Lipinski definition) is 4. The van der Waals surface area contributed by atoms with Crippen LogP contribution in [0, 0.1) is 0 Å². The molecule has 0 aliphatic heterocycles. The van der Waals surface area contributed by atoms with Crippen molar-refractivity contribution in [3.63, 3.8) is 0 Å². The normalized spacial score (nSPS) is 9.33. The number of rotatable bonds is 3. The van der Waals surface area contributed by atoms with Crippen LogP contribution < -0.4 is 12.3 Å². The van der Waals surface area contributed by atoms with E-state index >= 15 is 0 Å². The molecule has 0 aromatic rings. The first kappa shape index (κ1) is 17.8. The number of phosphoric acid groups is 1. The Bertz CT molecular complexity index is 172. The van der Waals surface area contributed by atoms with E-state index in [4.69, 9.17) is 9.79 Å². The van der Waals surface area contributed by atoms with Gasteiger partial charge in [0.25, 0.3) is 0 Å². The predicted molar refractivity (Wildman–Crippen MR) is 47.5 cm³/mol. The summed E-state index contributed by atoms with van der Waals surface area (Å²) in [6.07, 6.45) is 1.60. The third-order valence-corrected chi connectivity index (χ3v) is 1.22. The predicted octanol–water partition coefficient (Wildman–Crippen LogP) is 1.39. The molecule has 12 heavy (non-hydrogen) atoms. The zero-order chi connectivity index (χ0) is 8.20. The summed E-state index contributed by atoms with van der Waals surface area (Å²) in [5.41, 5.74) is 0.966. The highest BCUT2D eigenvalue weighted by atomic mass is 31.2. The Morgan fingerprint density at radius 1 is 1.42 bits per heavy atom. The Morgan fingerprint density at radius 3 is 2.08 bits per heavy atom. The van der Waals surface area contributed by atoms with Crippen molar-refractivity contribution in [1.29, 1.82) is 0 Å². The molecule has 0 bridgehead atoms. The van der Waals surface area contributed by atoms with E-state index < -0.39 is 7.82 Å². The molecular formula is C5H17N2O4P. The van der Waals surface area contributed by atoms with Crippen molar-refractivity contribution < 1.29 is 18.9 Å². The maximum atomic E-state index is 10.1. The quantitative estimate of drug-likeness (QED) is 0.401. The molecular weight excluding hydrogens is 183 g/mol. The molecule has 7 heteroatoms. The van der Waals surface area contributed by atoms with Crippen LogP contribution in [0.1, 0.15) is 13.8 Å². The van der Waals surface area contributed by atoms with Gasteiger partial charge in [-0.25, -0.2) is 4.57 Å². The van der Waals surface area contributed by atoms with Crippen LogP contribution in [0.15, 0.2) is 11.6 Å². The first-order valence-electron chi connectivity index (χ1n) is 2.75. The fraction of sp³-hybridized carbons (Fsp3) is 0.600. The Morgan fingerprint density at radius 2 is 1.83 bits per heavy atom. The van der Waals surface area contributed by atoms with Gasteiger partial charge in [0, 0.05) is 0 Å². The van der Waals surface area contributed by atoms with Gasteiger partial charge < -0.3 is 22.1 Å². The van der Waals surface area contributed by atoms with E-state index in [1.54, 1.807) is 6.08 Å². The molecule has 0 amide bonds. The van der Waals surface area contributed by atoms with Crippen molar-refractivity contribution >= 4 is 7.82 Å². The van der Waals surface area contributed by atoms with Crippen LogP contribution in [0.3, 0.4) is 0 Å². The van der Waals surface area contributed by atoms with Crippen molar-refractivity contribution in [3.8, 4) is 0 Å². The summed E-state index contributed by atoms with van der Waals surface area (Å²) in [6, 6.07) is 0. The van der Waals surface area contributed by atoms with Crippen LogP contribution in [-0.4, -0.2) is 16.4 Å². The Balaban J connectivity index is -0.000000405. The van der Waals surface area contributed by atoms with E-state index in [9.17, 15) is 4.57 Å². The first-order chi connectivity index (χ1) is 4.42. The molecule has 76 valence electrons. The molecule has 6 nitrogen and oxygen atoms in total. The lowest BCUT2D eigenvalue weighted by molar-refractivity contribution is 0.215. The minimum Gasteiger partial charge on any atom is -0.344 e. The standard InChI is InChI=1S/C5H11O4P.2H3N/c1-5(2)3-4-9-10(6,7)8;;/h3H,4H2,1-2H3,(H2,6,7,8);2*1H3. The molecule has 0 spiro atoms. The molecule has 0 heterocycles. The summed E-state index contributed by atoms with van der Waals surface area (Å²) in [5, 5.41) is 0. The third-order valence-electron chi connectivity index (χ3n) is 0.734. The molecule has 0 rings (SSSR count). The Kier molecular flexibility index (Phi) is 11.0. The molecule has 0 aromatic carbocycles. The van der Waals surface area contributed by atoms with E-state index in [-0.39, 0.29) is 18.9 Å². The van der Waals surface area contributed by atoms with Crippen LogP contribution >= 0.6 is 7.82 Å². The summed E-state index contributed by atoms with van der Waals surface area (Å²) in [4.78, 5) is 16.4. The number of allylic oxidation sites excluding steroid dienone is 1. The third kappa shape index (κ3) is 16.4. The molecule has 0 fully saturated rings. The van der Waals surface area contributed by atoms with Gasteiger partial charge in [0.15, 0.2) is 0 Å². The summed E-state index contributed by atoms with van der Waals surface area (Å²) in [7, 11) is -4.27. The molecule has 0 unspecified atom stereocenters. The zero-order valence-corrected chi connectivity index (χ0v) is 8.25. The van der Waals surface area contributed by atoms with Crippen molar-refractivity contribution in [1.82, 2.24) is 12.3 Å². The van der Waals surface area contributed by atoms with Gasteiger partial charge in [-0.2, -0.15) is 0 Å². The van der Waals surface area contributed by atoms with Crippen LogP contribution in [-0.2, 0) is 9.09 Å². The zero-order valence-electron chi connectivity index (χ0n) is 7.36. The van der Waals surface area contributed by atoms with Gasteiger partial charge in [-0.05, 0) is 13.8 Å². The van der Waals surface area contributed by atoms with E-state index in [1.807, 2.05) is 13.8 Å². The number of phosphoric ester groups is 1. The van der Waals surface area contributed by atoms with Crippen LogP contribution in [0.2, 0.25) is 0 Å². The molecule has 8 N–H and O–H groups in total. The van der Waals surface area contributed by atoms with Gasteiger partial charge in [-0.15, -0.1) is 0 Å². The molecule has 0 aliphatic carbocycles. The lowest BCUT2D eigenvalue weighted by Gasteiger charge is -2.00. The fourth-order valence-corrected chi connectivity index (χ4v) is 0.570. The average Bonchev–Trinajstić information content (AvgIpc) is 1.59. The molecule has 0 saturated carbocycles. The molecule has 0 aliphatic rings. The first-order valence-corrected chi connectivity index (χ1v) is 4.28. The average molecular weight is 200 g/mol. The fourth-order valence-electron chi connectivity index (χ4n) is 0.301. The highest BCUT2D eigenvalue weighted by Gasteiger charge is 2.11. The smallest absolute Gasteiger partial charge is 0.344 e. The van der Waals surface area contributed by atoms with Crippen molar-refractivity contribution in [2.45, 2.75) is 13.8 Å². The van der Waals surface area contributed by atoms with Crippen molar-refractivity contribution in [2.24, 2.45) is 0 Å². The van der Waals surface area contributed by atoms with Gasteiger partial charge in [0.05, 0.1) is 6.61 Å². The highest BCUT2D eigenvalue weighted by Crippen LogP contribution is 2.35. The van der Waals surface area contributed by atoms with E-state index in [0.29, 0.717) is 0 Å². The summed E-state index contributed by atoms with van der Waals surface area (Å²) < 4.78 is 14.2. The van der Waals surface area contributed by atoms with Crippen molar-refractivity contribution in [2.75, 3.05) is 6.61 Å². The molecule has 0 radical (unpaired) electrons. The lowest BCUT2D eigenvalue weighted by atomic mass is 10.3. The van der Waals surface area contributed by atoms with E-state index in [0.717, 1.165) is 5.57 Å². The lowest BCUT2D eigenvalue weighted by Crippen LogP contribution is -1.88. The number of hydrogen-bond acceptors (Lipinski definition) is 4. The molecule has 0 aromatic heterocycles. The molecule has 0 atom stereocenters. The summed E-state index contributed by atoms with van der Waals surface area (Å²) >= 11 is 0. The van der Waals surface area contributed by atoms with Crippen molar-refractivity contribution in [3.05, 3.63) is 11.6 Å². The largest absolute Gasteiger partial charge is 0.469 e. The topological polar surface area (TPSA) is 137 Å². The molecule has 0 saturated heterocycles. The second kappa shape index (κ2) is 7.42.